The number of nitrogens with zero attached hydrogens (tertiary/aromatic N) is 6. The summed E-state index contributed by atoms with van der Waals surface area (Å²) in [4.78, 5) is 12.7. The summed E-state index contributed by atoms with van der Waals surface area (Å²) >= 11 is 13.5. The van der Waals surface area contributed by atoms with Crippen LogP contribution in [0.2, 0.25) is 10.2 Å². The second kappa shape index (κ2) is 9.63. The number of halogens is 2. The SMILES string of the molecule is Cn1nc2ccc(-c3cn(COCCS(C)(C)C)c4nc(N5[C@@H]6CCC[C@H]5CC6)cnc34)c(Cl)c2c1Cl. The van der Waals surface area contributed by atoms with Crippen LogP contribution < -0.4 is 4.90 Å². The van der Waals surface area contributed by atoms with Gasteiger partial charge in [0.05, 0.1) is 28.7 Å². The fourth-order valence-electron chi connectivity index (χ4n) is 5.84. The van der Waals surface area contributed by atoms with Crippen LogP contribution in [0.4, 0.5) is 5.82 Å². The summed E-state index contributed by atoms with van der Waals surface area (Å²) < 4.78 is 9.88. The minimum Gasteiger partial charge on any atom is -0.360 e. The monoisotopic (exact) mass is 560 g/mol. The standard InChI is InChI=1S/C27H34Cl2N6OS/c1-33-26(29)23-21(32-33)11-10-19(24(23)28)20-15-34(16-36-12-13-37(2,3)4)27-25(20)30-14-22(31-27)35-17-6-5-7-18(35)9-8-17/h10-11,14-15,17-18H,5-9,12-13,16H2,1-4H3/t17-,18+. The maximum Gasteiger partial charge on any atom is 0.163 e. The van der Waals surface area contributed by atoms with Crippen LogP contribution in [-0.4, -0.2) is 67.5 Å². The lowest BCUT2D eigenvalue weighted by Crippen LogP contribution is -2.40. The molecule has 10 heteroatoms. The van der Waals surface area contributed by atoms with Crippen molar-refractivity contribution in [3.8, 4) is 11.1 Å². The predicted octanol–water partition coefficient (Wildman–Crippen LogP) is 6.48. The second-order valence-electron chi connectivity index (χ2n) is 11.2. The summed E-state index contributed by atoms with van der Waals surface area (Å²) in [5.41, 5.74) is 4.21. The lowest BCUT2D eigenvalue weighted by Gasteiger charge is -2.35. The van der Waals surface area contributed by atoms with E-state index >= 15 is 0 Å². The first-order chi connectivity index (χ1) is 17.7. The van der Waals surface area contributed by atoms with Crippen molar-refractivity contribution in [2.75, 3.05) is 36.0 Å². The summed E-state index contributed by atoms with van der Waals surface area (Å²) in [7, 11) is 1.20. The van der Waals surface area contributed by atoms with Crippen LogP contribution in [0.15, 0.2) is 24.5 Å². The molecule has 198 valence electrons. The quantitative estimate of drug-likeness (QED) is 0.242. The van der Waals surface area contributed by atoms with Gasteiger partial charge in [0.2, 0.25) is 0 Å². The van der Waals surface area contributed by atoms with Crippen molar-refractivity contribution in [3.05, 3.63) is 34.7 Å². The Hall–Kier alpha value is -2.00. The molecular weight excluding hydrogens is 527 g/mol. The van der Waals surface area contributed by atoms with Gasteiger partial charge >= 0.3 is 0 Å². The molecule has 0 radical (unpaired) electrons. The third-order valence-electron chi connectivity index (χ3n) is 7.74. The topological polar surface area (TPSA) is 61.0 Å². The average Bonchev–Trinajstić information content (AvgIpc) is 3.44. The summed E-state index contributed by atoms with van der Waals surface area (Å²) in [5.74, 6) is 2.04. The Kier molecular flexibility index (Phi) is 6.58. The molecule has 37 heavy (non-hydrogen) atoms. The number of piperidine rings is 1. The van der Waals surface area contributed by atoms with Crippen molar-refractivity contribution in [3.63, 3.8) is 0 Å². The van der Waals surface area contributed by atoms with Gasteiger partial charge in [-0.3, -0.25) is 4.68 Å². The van der Waals surface area contributed by atoms with E-state index in [1.807, 2.05) is 25.4 Å². The number of anilines is 1. The van der Waals surface area contributed by atoms with Gasteiger partial charge in [0.25, 0.3) is 0 Å². The molecule has 1 aromatic carbocycles. The number of aryl methyl sites for hydroxylation is 1. The van der Waals surface area contributed by atoms with Crippen molar-refractivity contribution < 1.29 is 4.74 Å². The van der Waals surface area contributed by atoms with E-state index < -0.39 is 10.0 Å². The van der Waals surface area contributed by atoms with Gasteiger partial charge in [-0.25, -0.2) is 20.0 Å². The zero-order valence-electron chi connectivity index (χ0n) is 21.9. The molecule has 0 spiro atoms. The fourth-order valence-corrected chi connectivity index (χ4v) is 7.09. The van der Waals surface area contributed by atoms with Crippen molar-refractivity contribution in [2.45, 2.75) is 50.9 Å². The molecule has 0 saturated carbocycles. The van der Waals surface area contributed by atoms with Crippen molar-refractivity contribution in [1.82, 2.24) is 24.3 Å². The Bertz CT molecular complexity index is 1460. The molecular formula is C27H34Cl2N6OS. The van der Waals surface area contributed by atoms with E-state index in [4.69, 9.17) is 37.9 Å². The van der Waals surface area contributed by atoms with Gasteiger partial charge in [-0.15, -0.1) is 0 Å². The summed E-state index contributed by atoms with van der Waals surface area (Å²) in [6.07, 6.45) is 17.2. The molecule has 2 aliphatic heterocycles. The minimum absolute atomic E-state index is 0.421. The molecule has 0 aliphatic carbocycles. The molecule has 5 heterocycles. The van der Waals surface area contributed by atoms with E-state index in [1.165, 1.54) is 32.1 Å². The first kappa shape index (κ1) is 25.3. The minimum atomic E-state index is -0.621. The van der Waals surface area contributed by atoms with Crippen molar-refractivity contribution in [1.29, 1.82) is 0 Å². The van der Waals surface area contributed by atoms with Gasteiger partial charge in [0, 0.05) is 42.2 Å². The average molecular weight is 562 g/mol. The summed E-state index contributed by atoms with van der Waals surface area (Å²) in [5, 5.41) is 6.32. The van der Waals surface area contributed by atoms with Gasteiger partial charge in [-0.05, 0) is 56.9 Å². The molecule has 7 nitrogen and oxygen atoms in total. The highest BCUT2D eigenvalue weighted by atomic mass is 35.5. The highest BCUT2D eigenvalue weighted by Crippen LogP contribution is 2.42. The third kappa shape index (κ3) is 4.60. The summed E-state index contributed by atoms with van der Waals surface area (Å²) in [6.45, 7) is 1.14. The maximum absolute atomic E-state index is 6.95. The van der Waals surface area contributed by atoms with Crippen LogP contribution in [0.25, 0.3) is 33.2 Å². The Morgan fingerprint density at radius 3 is 2.54 bits per heavy atom. The van der Waals surface area contributed by atoms with E-state index in [0.29, 0.717) is 29.0 Å². The van der Waals surface area contributed by atoms with Crippen LogP contribution in [0.5, 0.6) is 0 Å². The van der Waals surface area contributed by atoms with Crippen LogP contribution in [0.3, 0.4) is 0 Å². The molecule has 0 amide bonds. The second-order valence-corrected chi connectivity index (χ2v) is 16.5. The number of benzene rings is 1. The highest BCUT2D eigenvalue weighted by molar-refractivity contribution is 8.32. The van der Waals surface area contributed by atoms with Gasteiger partial charge in [-0.2, -0.15) is 5.10 Å². The van der Waals surface area contributed by atoms with Crippen molar-refractivity contribution in [2.24, 2.45) is 7.05 Å². The molecule has 0 N–H and O–H groups in total. The largest absolute Gasteiger partial charge is 0.360 e. The number of fused-ring (bicyclic) bond motifs is 4. The molecule has 2 atom stereocenters. The number of hydrogen-bond donors (Lipinski definition) is 0. The molecule has 6 rings (SSSR count). The van der Waals surface area contributed by atoms with E-state index in [2.05, 4.69) is 39.5 Å². The van der Waals surface area contributed by atoms with Gasteiger partial charge in [0.15, 0.2) is 5.65 Å². The molecule has 3 aromatic heterocycles. The van der Waals surface area contributed by atoms with Gasteiger partial charge < -0.3 is 14.2 Å². The zero-order chi connectivity index (χ0) is 25.9. The fraction of sp³-hybridized carbons (Fsp3) is 0.519. The first-order valence-corrected chi connectivity index (χ1v) is 16.7. The molecule has 4 aromatic rings. The maximum atomic E-state index is 6.95. The highest BCUT2D eigenvalue weighted by Gasteiger charge is 2.37. The number of ether oxygens (including phenoxy) is 1. The number of hydrogen-bond acceptors (Lipinski definition) is 5. The van der Waals surface area contributed by atoms with Crippen LogP contribution >= 0.6 is 33.2 Å². The van der Waals surface area contributed by atoms with E-state index in [1.54, 1.807) is 4.68 Å². The van der Waals surface area contributed by atoms with Crippen molar-refractivity contribution >= 4 is 61.1 Å². The number of rotatable bonds is 7. The first-order valence-electron chi connectivity index (χ1n) is 12.9. The molecule has 2 aliphatic rings. The van der Waals surface area contributed by atoms with E-state index in [9.17, 15) is 0 Å². The molecule has 2 saturated heterocycles. The smallest absolute Gasteiger partial charge is 0.163 e. The zero-order valence-corrected chi connectivity index (χ0v) is 24.2. The van der Waals surface area contributed by atoms with Crippen LogP contribution in [0, 0.1) is 0 Å². The predicted molar refractivity (Wildman–Crippen MR) is 157 cm³/mol. The molecule has 0 unspecified atom stereocenters. The van der Waals surface area contributed by atoms with Crippen LogP contribution in [0.1, 0.15) is 32.1 Å². The number of aromatic nitrogens is 5. The Morgan fingerprint density at radius 2 is 1.81 bits per heavy atom. The van der Waals surface area contributed by atoms with Crippen LogP contribution in [-0.2, 0) is 18.5 Å². The Labute approximate surface area is 229 Å². The van der Waals surface area contributed by atoms with Gasteiger partial charge in [-0.1, -0.05) is 29.3 Å². The lowest BCUT2D eigenvalue weighted by molar-refractivity contribution is 0.0924. The Morgan fingerprint density at radius 1 is 1.05 bits per heavy atom. The third-order valence-corrected chi connectivity index (χ3v) is 9.96. The van der Waals surface area contributed by atoms with E-state index in [0.717, 1.165) is 51.4 Å². The molecule has 2 bridgehead atoms. The summed E-state index contributed by atoms with van der Waals surface area (Å²) in [6, 6.07) is 5.10. The Balaban J connectivity index is 1.43. The van der Waals surface area contributed by atoms with E-state index in [-0.39, 0.29) is 0 Å². The lowest BCUT2D eigenvalue weighted by atomic mass is 10.0. The normalized spacial score (nSPS) is 20.4. The molecule has 2 fully saturated rings. The van der Waals surface area contributed by atoms with Gasteiger partial charge in [0.1, 0.15) is 23.2 Å².